The van der Waals surface area contributed by atoms with Crippen LogP contribution in [0.1, 0.15) is 80.9 Å². The maximum Gasteiger partial charge on any atom is 0.243 e. The van der Waals surface area contributed by atoms with E-state index in [-0.39, 0.29) is 29.5 Å². The Hall–Kier alpha value is -3.01. The van der Waals surface area contributed by atoms with Gasteiger partial charge < -0.3 is 21.7 Å². The number of ketones is 1. The number of likely N-dealkylation sites (tertiary alicyclic amines) is 1. The monoisotopic (exact) mass is 540 g/mol. The highest BCUT2D eigenvalue weighted by Crippen LogP contribution is 2.31. The number of aliphatic imine (C=N–C) groups is 1. The summed E-state index contributed by atoms with van der Waals surface area (Å²) < 4.78 is 0.918. The van der Waals surface area contributed by atoms with E-state index in [0.717, 1.165) is 23.1 Å². The first-order valence-electron chi connectivity index (χ1n) is 13.9. The van der Waals surface area contributed by atoms with E-state index >= 15 is 0 Å². The molecule has 3 atom stereocenters. The molecule has 1 saturated carbocycles. The Morgan fingerprint density at radius 3 is 2.63 bits per heavy atom. The van der Waals surface area contributed by atoms with Crippen molar-refractivity contribution >= 4 is 45.1 Å². The number of Topliss-reactive ketones (excluding diaryl/α,β-unsaturated/α-hetero) is 1. The lowest BCUT2D eigenvalue weighted by molar-refractivity contribution is -0.141. The summed E-state index contributed by atoms with van der Waals surface area (Å²) in [5.74, 6) is 0.0262. The first-order valence-corrected chi connectivity index (χ1v) is 14.7. The number of rotatable bonds is 11. The first-order chi connectivity index (χ1) is 18.3. The molecule has 1 saturated heterocycles. The van der Waals surface area contributed by atoms with Gasteiger partial charge in [-0.15, -0.1) is 11.3 Å². The number of hydrogen-bond acceptors (Lipinski definition) is 6. The predicted octanol–water partition coefficient (Wildman–Crippen LogP) is 3.61. The Labute approximate surface area is 228 Å². The van der Waals surface area contributed by atoms with Gasteiger partial charge in [-0.3, -0.25) is 19.4 Å². The molecule has 0 radical (unpaired) electrons. The van der Waals surface area contributed by atoms with Gasteiger partial charge in [0.2, 0.25) is 17.6 Å². The van der Waals surface area contributed by atoms with E-state index in [0.29, 0.717) is 43.3 Å². The smallest absolute Gasteiger partial charge is 0.243 e. The molecule has 10 heteroatoms. The van der Waals surface area contributed by atoms with E-state index in [2.05, 4.69) is 15.3 Å². The second kappa shape index (κ2) is 13.2. The SMILES string of the molecule is CC(CC1CCCCC1)C(=O)N1CCCC1C(=O)NC(CCCN=C(N)N)C(=O)c1nc2ccccc2s1. The number of aromatic nitrogens is 1. The van der Waals surface area contributed by atoms with Crippen LogP contribution in [0.4, 0.5) is 0 Å². The summed E-state index contributed by atoms with van der Waals surface area (Å²) in [5.41, 5.74) is 11.6. The third-order valence-corrected chi connectivity index (χ3v) is 8.81. The van der Waals surface area contributed by atoms with E-state index in [9.17, 15) is 14.4 Å². The van der Waals surface area contributed by atoms with Gasteiger partial charge in [0.25, 0.3) is 0 Å². The molecule has 2 aromatic rings. The highest BCUT2D eigenvalue weighted by Gasteiger charge is 2.38. The topological polar surface area (TPSA) is 144 Å². The van der Waals surface area contributed by atoms with Gasteiger partial charge in [0, 0.05) is 19.0 Å². The van der Waals surface area contributed by atoms with Crippen molar-refractivity contribution < 1.29 is 14.4 Å². The molecule has 1 aromatic carbocycles. The minimum absolute atomic E-state index is 0.00876. The van der Waals surface area contributed by atoms with E-state index in [1.54, 1.807) is 4.90 Å². The average molecular weight is 541 g/mol. The molecule has 2 heterocycles. The van der Waals surface area contributed by atoms with E-state index < -0.39 is 12.1 Å². The number of carbonyl (C=O) groups is 3. The number of para-hydroxylation sites is 1. The van der Waals surface area contributed by atoms with Crippen molar-refractivity contribution in [1.29, 1.82) is 0 Å². The van der Waals surface area contributed by atoms with Crippen molar-refractivity contribution in [3.63, 3.8) is 0 Å². The summed E-state index contributed by atoms with van der Waals surface area (Å²) in [4.78, 5) is 50.6. The van der Waals surface area contributed by atoms with Gasteiger partial charge in [0.05, 0.1) is 16.3 Å². The Morgan fingerprint density at radius 2 is 1.89 bits per heavy atom. The molecule has 38 heavy (non-hydrogen) atoms. The molecule has 1 aromatic heterocycles. The molecular formula is C28H40N6O3S. The van der Waals surface area contributed by atoms with Crippen molar-refractivity contribution in [2.45, 2.75) is 83.2 Å². The van der Waals surface area contributed by atoms with Crippen molar-refractivity contribution in [2.75, 3.05) is 13.1 Å². The van der Waals surface area contributed by atoms with Crippen LogP contribution in [-0.4, -0.2) is 58.6 Å². The zero-order valence-corrected chi connectivity index (χ0v) is 23.0. The van der Waals surface area contributed by atoms with Gasteiger partial charge in [-0.1, -0.05) is 51.2 Å². The summed E-state index contributed by atoms with van der Waals surface area (Å²) in [6, 6.07) is 6.25. The Morgan fingerprint density at radius 1 is 1.13 bits per heavy atom. The highest BCUT2D eigenvalue weighted by molar-refractivity contribution is 7.20. The quantitative estimate of drug-likeness (QED) is 0.172. The standard InChI is InChI=1S/C28H40N6O3S/c1-18(17-19-9-3-2-4-10-19)27(37)34-16-8-13-22(34)25(36)32-21(12-7-15-31-28(29)30)24(35)26-33-20-11-5-6-14-23(20)38-26/h5-6,11,14,18-19,21-22H,2-4,7-10,12-13,15-17H2,1H3,(H,32,36)(H4,29,30,31). The van der Waals surface area contributed by atoms with Gasteiger partial charge in [0.15, 0.2) is 11.0 Å². The number of nitrogens with one attached hydrogen (secondary N) is 1. The molecule has 206 valence electrons. The summed E-state index contributed by atoms with van der Waals surface area (Å²) in [7, 11) is 0. The number of thiazole rings is 1. The van der Waals surface area contributed by atoms with Crippen LogP contribution >= 0.6 is 11.3 Å². The molecule has 0 bridgehead atoms. The fraction of sp³-hybridized carbons (Fsp3) is 0.607. The predicted molar refractivity (Wildman–Crippen MR) is 151 cm³/mol. The van der Waals surface area contributed by atoms with Gasteiger partial charge >= 0.3 is 0 Å². The van der Waals surface area contributed by atoms with E-state index in [4.69, 9.17) is 11.5 Å². The van der Waals surface area contributed by atoms with Crippen LogP contribution in [0.2, 0.25) is 0 Å². The summed E-state index contributed by atoms with van der Waals surface area (Å²) in [5, 5.41) is 3.33. The van der Waals surface area contributed by atoms with Crippen LogP contribution in [0.3, 0.4) is 0 Å². The Bertz CT molecular complexity index is 1120. The Balaban J connectivity index is 1.44. The number of benzene rings is 1. The second-order valence-corrected chi connectivity index (χ2v) is 11.7. The van der Waals surface area contributed by atoms with Gasteiger partial charge in [-0.25, -0.2) is 4.98 Å². The van der Waals surface area contributed by atoms with Crippen LogP contribution in [-0.2, 0) is 9.59 Å². The summed E-state index contributed by atoms with van der Waals surface area (Å²) in [6.07, 6.45) is 9.31. The van der Waals surface area contributed by atoms with Crippen molar-refractivity contribution in [3.8, 4) is 0 Å². The molecule has 3 unspecified atom stereocenters. The van der Waals surface area contributed by atoms with Crippen LogP contribution in [0.5, 0.6) is 0 Å². The molecule has 5 N–H and O–H groups in total. The number of hydrogen-bond donors (Lipinski definition) is 3. The molecule has 1 aliphatic carbocycles. The zero-order valence-electron chi connectivity index (χ0n) is 22.2. The molecule has 9 nitrogen and oxygen atoms in total. The van der Waals surface area contributed by atoms with E-state index in [1.807, 2.05) is 31.2 Å². The fourth-order valence-corrected chi connectivity index (χ4v) is 6.74. The average Bonchev–Trinajstić information content (AvgIpc) is 3.57. The van der Waals surface area contributed by atoms with Crippen LogP contribution < -0.4 is 16.8 Å². The third-order valence-electron chi connectivity index (χ3n) is 7.75. The lowest BCUT2D eigenvalue weighted by atomic mass is 9.83. The second-order valence-electron chi connectivity index (χ2n) is 10.7. The molecular weight excluding hydrogens is 500 g/mol. The van der Waals surface area contributed by atoms with Crippen molar-refractivity contribution in [1.82, 2.24) is 15.2 Å². The third kappa shape index (κ3) is 7.09. The number of fused-ring (bicyclic) bond motifs is 1. The number of guanidine groups is 1. The molecule has 4 rings (SSSR count). The summed E-state index contributed by atoms with van der Waals surface area (Å²) in [6.45, 7) is 2.93. The molecule has 2 amide bonds. The van der Waals surface area contributed by atoms with Crippen molar-refractivity contribution in [2.24, 2.45) is 28.3 Å². The lowest BCUT2D eigenvalue weighted by Crippen LogP contribution is -2.51. The maximum absolute atomic E-state index is 13.5. The molecule has 2 fully saturated rings. The first kappa shape index (κ1) is 28.0. The number of nitrogens with two attached hydrogens (primary N) is 2. The minimum Gasteiger partial charge on any atom is -0.370 e. The lowest BCUT2D eigenvalue weighted by Gasteiger charge is -2.30. The number of nitrogens with zero attached hydrogens (tertiary/aromatic N) is 3. The fourth-order valence-electron chi connectivity index (χ4n) is 5.78. The van der Waals surface area contributed by atoms with E-state index in [1.165, 1.54) is 43.4 Å². The van der Waals surface area contributed by atoms with Crippen LogP contribution in [0, 0.1) is 11.8 Å². The number of carbonyl (C=O) groups excluding carboxylic acids is 3. The zero-order chi connectivity index (χ0) is 27.1. The van der Waals surface area contributed by atoms with Gasteiger partial charge in [0.1, 0.15) is 6.04 Å². The highest BCUT2D eigenvalue weighted by atomic mass is 32.1. The van der Waals surface area contributed by atoms with Gasteiger partial charge in [-0.05, 0) is 50.2 Å². The molecule has 0 spiro atoms. The Kier molecular flexibility index (Phi) is 9.71. The van der Waals surface area contributed by atoms with Crippen LogP contribution in [0.15, 0.2) is 29.3 Å². The minimum atomic E-state index is -0.769. The maximum atomic E-state index is 13.5. The largest absolute Gasteiger partial charge is 0.370 e. The molecule has 2 aliphatic rings. The normalized spacial score (nSPS) is 19.7. The van der Waals surface area contributed by atoms with Gasteiger partial charge in [-0.2, -0.15) is 0 Å². The number of amides is 2. The summed E-state index contributed by atoms with van der Waals surface area (Å²) >= 11 is 1.32. The molecule has 1 aliphatic heterocycles. The van der Waals surface area contributed by atoms with Crippen molar-refractivity contribution in [3.05, 3.63) is 29.3 Å². The van der Waals surface area contributed by atoms with Crippen LogP contribution in [0.25, 0.3) is 10.2 Å².